The van der Waals surface area contributed by atoms with Gasteiger partial charge in [0, 0.05) is 19.0 Å². The van der Waals surface area contributed by atoms with Gasteiger partial charge in [0.05, 0.1) is 16.2 Å². The van der Waals surface area contributed by atoms with Gasteiger partial charge in [-0.25, -0.2) is 4.79 Å². The maximum atomic E-state index is 12.3. The lowest BCUT2D eigenvalue weighted by molar-refractivity contribution is -0.126. The van der Waals surface area contributed by atoms with Crippen LogP contribution in [0.25, 0.3) is 0 Å². The molecular formula is C18H18N2O5S2. The lowest BCUT2D eigenvalue weighted by atomic mass is 10.2. The molecule has 9 heteroatoms. The topological polar surface area (TPSA) is 92.8 Å². The molecule has 1 aromatic carbocycles. The number of nitrogens with zero attached hydrogens (tertiary/aromatic N) is 1. The molecule has 0 aliphatic heterocycles. The second kappa shape index (κ2) is 9.89. The van der Waals surface area contributed by atoms with E-state index in [4.69, 9.17) is 4.74 Å². The highest BCUT2D eigenvalue weighted by Crippen LogP contribution is 2.23. The van der Waals surface area contributed by atoms with Crippen molar-refractivity contribution in [2.24, 2.45) is 0 Å². The molecule has 0 saturated heterocycles. The molecule has 1 heterocycles. The highest BCUT2D eigenvalue weighted by atomic mass is 32.2. The summed E-state index contributed by atoms with van der Waals surface area (Å²) in [5, 5.41) is 3.87. The Morgan fingerprint density at radius 1 is 1.11 bits per heavy atom. The minimum Gasteiger partial charge on any atom is -0.452 e. The molecule has 0 aliphatic carbocycles. The predicted molar refractivity (Wildman–Crippen MR) is 103 cm³/mol. The van der Waals surface area contributed by atoms with Gasteiger partial charge in [-0.3, -0.25) is 19.7 Å². The van der Waals surface area contributed by atoms with Gasteiger partial charge < -0.3 is 9.64 Å². The van der Waals surface area contributed by atoms with Gasteiger partial charge in [0.1, 0.15) is 0 Å². The third-order valence-electron chi connectivity index (χ3n) is 3.29. The summed E-state index contributed by atoms with van der Waals surface area (Å²) in [5.74, 6) is -1.87. The molecule has 0 bridgehead atoms. The van der Waals surface area contributed by atoms with Crippen LogP contribution in [0.3, 0.4) is 0 Å². The van der Waals surface area contributed by atoms with Crippen LogP contribution in [0.15, 0.2) is 46.7 Å². The molecule has 2 aromatic rings. The van der Waals surface area contributed by atoms with Crippen LogP contribution in [0.4, 0.5) is 0 Å². The molecule has 7 nitrogen and oxygen atoms in total. The van der Waals surface area contributed by atoms with Gasteiger partial charge in [-0.15, -0.1) is 23.1 Å². The summed E-state index contributed by atoms with van der Waals surface area (Å²) in [6.07, 6.45) is 0. The minimum atomic E-state index is -0.713. The van der Waals surface area contributed by atoms with Gasteiger partial charge in [0.15, 0.2) is 6.61 Å². The quantitative estimate of drug-likeness (QED) is 0.559. The number of nitrogens with one attached hydrogen (secondary N) is 1. The summed E-state index contributed by atoms with van der Waals surface area (Å²) >= 11 is 2.41. The van der Waals surface area contributed by atoms with Crippen LogP contribution < -0.4 is 5.32 Å². The molecule has 0 fully saturated rings. The van der Waals surface area contributed by atoms with Gasteiger partial charge in [0.2, 0.25) is 5.91 Å². The molecule has 2 rings (SSSR count). The molecule has 0 saturated carbocycles. The van der Waals surface area contributed by atoms with E-state index in [1.165, 1.54) is 28.0 Å². The third-order valence-corrected chi connectivity index (χ3v) is 5.22. The summed E-state index contributed by atoms with van der Waals surface area (Å²) in [4.78, 5) is 50.0. The fourth-order valence-corrected chi connectivity index (χ4v) is 3.51. The monoisotopic (exact) mass is 406 g/mol. The van der Waals surface area contributed by atoms with E-state index in [0.717, 1.165) is 0 Å². The number of hydrogen-bond donors (Lipinski definition) is 1. The Balaban J connectivity index is 1.91. The van der Waals surface area contributed by atoms with Crippen LogP contribution >= 0.6 is 23.1 Å². The van der Waals surface area contributed by atoms with Crippen LogP contribution in [-0.2, 0) is 14.3 Å². The number of esters is 1. The van der Waals surface area contributed by atoms with E-state index in [-0.39, 0.29) is 17.2 Å². The predicted octanol–water partition coefficient (Wildman–Crippen LogP) is 2.04. The van der Waals surface area contributed by atoms with Crippen molar-refractivity contribution in [3.05, 3.63) is 52.2 Å². The summed E-state index contributed by atoms with van der Waals surface area (Å²) in [7, 11) is 3.30. The number of benzene rings is 1. The number of ether oxygens (including phenoxy) is 1. The first-order chi connectivity index (χ1) is 12.9. The minimum absolute atomic E-state index is 0.0883. The highest BCUT2D eigenvalue weighted by molar-refractivity contribution is 8.00. The van der Waals surface area contributed by atoms with Gasteiger partial charge in [-0.05, 0) is 23.6 Å². The van der Waals surface area contributed by atoms with E-state index in [1.807, 2.05) is 0 Å². The molecule has 1 N–H and O–H groups in total. The highest BCUT2D eigenvalue weighted by Gasteiger charge is 2.17. The van der Waals surface area contributed by atoms with E-state index < -0.39 is 24.4 Å². The molecule has 0 spiro atoms. The first kappa shape index (κ1) is 20.7. The van der Waals surface area contributed by atoms with Crippen molar-refractivity contribution in [2.75, 3.05) is 26.5 Å². The molecule has 0 aliphatic rings. The van der Waals surface area contributed by atoms with E-state index in [2.05, 4.69) is 5.32 Å². The summed E-state index contributed by atoms with van der Waals surface area (Å²) in [6.45, 7) is -0.578. The smallest absolute Gasteiger partial charge is 0.339 e. The lowest BCUT2D eigenvalue weighted by Crippen LogP contribution is -2.33. The first-order valence-electron chi connectivity index (χ1n) is 7.85. The number of amides is 3. The SMILES string of the molecule is CN(C)C(=O)CSc1ccccc1C(=O)OCC(=O)NC(=O)c1cccs1. The van der Waals surface area contributed by atoms with Gasteiger partial charge >= 0.3 is 5.97 Å². The number of imide groups is 1. The summed E-state index contributed by atoms with van der Waals surface area (Å²) in [5.41, 5.74) is 0.256. The molecule has 0 atom stereocenters. The summed E-state index contributed by atoms with van der Waals surface area (Å²) < 4.78 is 4.99. The van der Waals surface area contributed by atoms with Crippen molar-refractivity contribution in [3.8, 4) is 0 Å². The molecule has 27 heavy (non-hydrogen) atoms. The van der Waals surface area contributed by atoms with Gasteiger partial charge in [-0.2, -0.15) is 0 Å². The zero-order valence-electron chi connectivity index (χ0n) is 14.8. The van der Waals surface area contributed by atoms with Crippen LogP contribution in [0.2, 0.25) is 0 Å². The number of thiophene rings is 1. The second-order valence-corrected chi connectivity index (χ2v) is 7.47. The molecule has 1 aromatic heterocycles. The maximum Gasteiger partial charge on any atom is 0.339 e. The molecule has 0 unspecified atom stereocenters. The van der Waals surface area contributed by atoms with Crippen molar-refractivity contribution in [1.29, 1.82) is 0 Å². The van der Waals surface area contributed by atoms with Crippen molar-refractivity contribution >= 4 is 46.8 Å². The maximum absolute atomic E-state index is 12.3. The van der Waals surface area contributed by atoms with Crippen molar-refractivity contribution in [3.63, 3.8) is 0 Å². The zero-order chi connectivity index (χ0) is 19.8. The van der Waals surface area contributed by atoms with E-state index in [0.29, 0.717) is 9.77 Å². The second-order valence-electron chi connectivity index (χ2n) is 5.50. The normalized spacial score (nSPS) is 10.1. The van der Waals surface area contributed by atoms with E-state index in [9.17, 15) is 19.2 Å². The summed E-state index contributed by atoms with van der Waals surface area (Å²) in [6, 6.07) is 9.94. The largest absolute Gasteiger partial charge is 0.452 e. The Bertz CT molecular complexity index is 834. The zero-order valence-corrected chi connectivity index (χ0v) is 16.4. The average Bonchev–Trinajstić information content (AvgIpc) is 3.19. The van der Waals surface area contributed by atoms with Gasteiger partial charge in [0.25, 0.3) is 11.8 Å². The fraction of sp³-hybridized carbons (Fsp3) is 0.222. The fourth-order valence-electron chi connectivity index (χ4n) is 1.87. The Labute approximate surface area is 164 Å². The number of carbonyl (C=O) groups excluding carboxylic acids is 4. The first-order valence-corrected chi connectivity index (χ1v) is 9.72. The molecule has 3 amide bonds. The molecule has 142 valence electrons. The van der Waals surface area contributed by atoms with Crippen LogP contribution in [0, 0.1) is 0 Å². The third kappa shape index (κ3) is 6.22. The Morgan fingerprint density at radius 3 is 2.52 bits per heavy atom. The number of hydrogen-bond acceptors (Lipinski definition) is 7. The molecule has 0 radical (unpaired) electrons. The van der Waals surface area contributed by atoms with Crippen LogP contribution in [-0.4, -0.2) is 55.0 Å². The van der Waals surface area contributed by atoms with Crippen LogP contribution in [0.1, 0.15) is 20.0 Å². The van der Waals surface area contributed by atoms with Crippen molar-refractivity contribution in [1.82, 2.24) is 10.2 Å². The standard InChI is InChI=1S/C18H18N2O5S2/c1-20(2)16(22)11-27-13-7-4-3-6-12(13)18(24)25-10-15(21)19-17(23)14-8-5-9-26-14/h3-9H,10-11H2,1-2H3,(H,19,21,23). The lowest BCUT2D eigenvalue weighted by Gasteiger charge is -2.11. The van der Waals surface area contributed by atoms with Crippen molar-refractivity contribution in [2.45, 2.75) is 4.90 Å². The van der Waals surface area contributed by atoms with E-state index in [1.54, 1.807) is 55.9 Å². The number of thioether (sulfide) groups is 1. The van der Waals surface area contributed by atoms with Gasteiger partial charge in [-0.1, -0.05) is 18.2 Å². The van der Waals surface area contributed by atoms with Crippen LogP contribution in [0.5, 0.6) is 0 Å². The van der Waals surface area contributed by atoms with Crippen molar-refractivity contribution < 1.29 is 23.9 Å². The van der Waals surface area contributed by atoms with E-state index >= 15 is 0 Å². The molecular weight excluding hydrogens is 388 g/mol. The number of carbonyl (C=O) groups is 4. The Kier molecular flexibility index (Phi) is 7.56. The average molecular weight is 406 g/mol. The Hall–Kier alpha value is -2.65. The number of rotatable bonds is 7. The Morgan fingerprint density at radius 2 is 1.85 bits per heavy atom.